The van der Waals surface area contributed by atoms with Gasteiger partial charge in [-0.25, -0.2) is 13.1 Å². The SMILES string of the molecule is O=[N+]([O-])c1ccccc1S(=O)(=O)N[C@H]1[C@H](N[C@H]2[C@H](O)[C@@H](OCc3ccccc3)[C@@H]3OC[C@H]2O3)[C@H]2CO[C@H](O2)[C@@H]1OCc1ccccc1. The van der Waals surface area contributed by atoms with Crippen molar-refractivity contribution in [2.75, 3.05) is 13.2 Å². The largest absolute Gasteiger partial charge is 0.388 e. The van der Waals surface area contributed by atoms with Gasteiger partial charge in [-0.2, -0.15) is 0 Å². The number of para-hydroxylation sites is 1. The summed E-state index contributed by atoms with van der Waals surface area (Å²) in [6.07, 6.45) is -5.89. The third kappa shape index (κ3) is 6.69. The van der Waals surface area contributed by atoms with Crippen molar-refractivity contribution in [3.05, 3.63) is 106 Å². The number of rotatable bonds is 12. The summed E-state index contributed by atoms with van der Waals surface area (Å²) in [5.74, 6) is 0. The molecule has 0 amide bonds. The summed E-state index contributed by atoms with van der Waals surface area (Å²) < 4.78 is 66.9. The topological polar surface area (TPSA) is 177 Å². The Morgan fingerprint density at radius 1 is 0.766 bits per heavy atom. The van der Waals surface area contributed by atoms with Crippen LogP contribution in [0, 0.1) is 10.1 Å². The van der Waals surface area contributed by atoms with Crippen LogP contribution in [0.2, 0.25) is 0 Å². The average Bonchev–Trinajstić information content (AvgIpc) is 3.72. The van der Waals surface area contributed by atoms with E-state index in [4.69, 9.17) is 28.4 Å². The third-order valence-electron chi connectivity index (χ3n) is 8.85. The lowest BCUT2D eigenvalue weighted by Gasteiger charge is -2.45. The van der Waals surface area contributed by atoms with Gasteiger partial charge in [0.1, 0.15) is 30.5 Å². The van der Waals surface area contributed by atoms with Crippen LogP contribution in [0.25, 0.3) is 0 Å². The monoisotopic (exact) mass is 669 g/mol. The number of hydrogen-bond donors (Lipinski definition) is 3. The first kappa shape index (κ1) is 32.2. The lowest BCUT2D eigenvalue weighted by molar-refractivity contribution is -0.387. The standard InChI is InChI=1S/C32H35N3O11S/c36-28-26(23-18-44-32(46-23)30(28)42-16-20-11-5-2-6-12-20)33-25-22-17-43-31(45-22)29(41-15-19-9-3-1-4-10-19)27(25)34-47(39,40)24-14-8-7-13-21(24)35(37)38/h1-14,22-23,25-34,36H,15-18H2/t22-,23-,25-,26-,27+,28+,29-,30-,31-,32-/m1/s1. The van der Waals surface area contributed by atoms with E-state index in [1.807, 2.05) is 60.7 Å². The maximum absolute atomic E-state index is 13.9. The number of nitro benzene ring substituents is 1. The zero-order chi connectivity index (χ0) is 32.5. The summed E-state index contributed by atoms with van der Waals surface area (Å²) in [5, 5.41) is 26.8. The van der Waals surface area contributed by atoms with Gasteiger partial charge in [0.05, 0.1) is 49.5 Å². The fourth-order valence-electron chi connectivity index (χ4n) is 6.54. The maximum atomic E-state index is 13.9. The number of fused-ring (bicyclic) bond motifs is 4. The molecule has 3 aromatic carbocycles. The Balaban J connectivity index is 1.18. The normalized spacial score (nSPS) is 33.1. The van der Waals surface area contributed by atoms with Crippen LogP contribution < -0.4 is 10.0 Å². The molecule has 4 fully saturated rings. The molecular weight excluding hydrogens is 634 g/mol. The van der Waals surface area contributed by atoms with E-state index in [-0.39, 0.29) is 26.4 Å². The van der Waals surface area contributed by atoms with Gasteiger partial charge in [0.25, 0.3) is 5.69 Å². The van der Waals surface area contributed by atoms with Crippen LogP contribution in [0.5, 0.6) is 0 Å². The van der Waals surface area contributed by atoms with E-state index in [0.29, 0.717) is 0 Å². The highest BCUT2D eigenvalue weighted by atomic mass is 32.2. The fraction of sp³-hybridized carbons (Fsp3) is 0.438. The number of ether oxygens (including phenoxy) is 6. The molecule has 4 heterocycles. The predicted octanol–water partition coefficient (Wildman–Crippen LogP) is 1.61. The molecule has 0 radical (unpaired) electrons. The number of nitrogens with one attached hydrogen (secondary N) is 2. The van der Waals surface area contributed by atoms with Gasteiger partial charge >= 0.3 is 0 Å². The van der Waals surface area contributed by atoms with E-state index in [9.17, 15) is 23.6 Å². The molecule has 0 spiro atoms. The molecule has 4 aliphatic rings. The van der Waals surface area contributed by atoms with Gasteiger partial charge in [-0.3, -0.25) is 10.1 Å². The van der Waals surface area contributed by atoms with Gasteiger partial charge in [0.15, 0.2) is 17.5 Å². The van der Waals surface area contributed by atoms with Crippen LogP contribution in [0.3, 0.4) is 0 Å². The number of benzene rings is 3. The quantitative estimate of drug-likeness (QED) is 0.188. The van der Waals surface area contributed by atoms with Crippen molar-refractivity contribution in [1.29, 1.82) is 0 Å². The Bertz CT molecular complexity index is 1650. The highest BCUT2D eigenvalue weighted by Crippen LogP contribution is 2.36. The summed E-state index contributed by atoms with van der Waals surface area (Å²) in [6, 6.07) is 21.3. The molecule has 0 saturated carbocycles. The third-order valence-corrected chi connectivity index (χ3v) is 10.4. The van der Waals surface area contributed by atoms with Crippen LogP contribution in [-0.4, -0.2) is 92.9 Å². The first-order valence-corrected chi connectivity index (χ1v) is 16.8. The summed E-state index contributed by atoms with van der Waals surface area (Å²) >= 11 is 0. The lowest BCUT2D eigenvalue weighted by Crippen LogP contribution is -2.71. The second-order valence-corrected chi connectivity index (χ2v) is 13.5. The molecule has 0 aromatic heterocycles. The number of hydrogen-bond acceptors (Lipinski definition) is 12. The summed E-state index contributed by atoms with van der Waals surface area (Å²) in [7, 11) is -4.48. The molecule has 4 aliphatic heterocycles. The lowest BCUT2D eigenvalue weighted by atomic mass is 9.91. The molecule has 250 valence electrons. The zero-order valence-electron chi connectivity index (χ0n) is 25.1. The molecule has 4 bridgehead atoms. The van der Waals surface area contributed by atoms with E-state index < -0.39 is 86.8 Å². The van der Waals surface area contributed by atoms with Gasteiger partial charge in [0.2, 0.25) is 10.0 Å². The average molecular weight is 670 g/mol. The highest BCUT2D eigenvalue weighted by Gasteiger charge is 2.57. The van der Waals surface area contributed by atoms with Crippen LogP contribution in [-0.2, 0) is 51.7 Å². The summed E-state index contributed by atoms with van der Waals surface area (Å²) in [5.41, 5.74) is 1.17. The van der Waals surface area contributed by atoms with Gasteiger partial charge < -0.3 is 38.8 Å². The van der Waals surface area contributed by atoms with E-state index >= 15 is 0 Å². The van der Waals surface area contributed by atoms with Crippen molar-refractivity contribution in [2.45, 2.75) is 79.3 Å². The fourth-order valence-corrected chi connectivity index (χ4v) is 7.98. The highest BCUT2D eigenvalue weighted by molar-refractivity contribution is 7.89. The van der Waals surface area contributed by atoms with Crippen molar-refractivity contribution in [3.63, 3.8) is 0 Å². The van der Waals surface area contributed by atoms with E-state index in [0.717, 1.165) is 17.2 Å². The maximum Gasteiger partial charge on any atom is 0.289 e. The smallest absolute Gasteiger partial charge is 0.289 e. The molecule has 14 nitrogen and oxygen atoms in total. The van der Waals surface area contributed by atoms with Crippen molar-refractivity contribution in [3.8, 4) is 0 Å². The Labute approximate surface area is 271 Å². The minimum atomic E-state index is -4.48. The number of aliphatic hydroxyl groups is 1. The number of nitrogens with zero attached hydrogens (tertiary/aromatic N) is 1. The molecule has 15 heteroatoms. The Hall–Kier alpha value is -3.35. The Morgan fingerprint density at radius 2 is 1.30 bits per heavy atom. The molecule has 3 aromatic rings. The molecule has 3 N–H and O–H groups in total. The van der Waals surface area contributed by atoms with Gasteiger partial charge in [0, 0.05) is 6.07 Å². The second kappa shape index (κ2) is 13.6. The zero-order valence-corrected chi connectivity index (χ0v) is 25.9. The molecule has 47 heavy (non-hydrogen) atoms. The molecule has 4 saturated heterocycles. The minimum absolute atomic E-state index is 0.110. The first-order valence-electron chi connectivity index (χ1n) is 15.3. The van der Waals surface area contributed by atoms with E-state index in [2.05, 4.69) is 10.0 Å². The van der Waals surface area contributed by atoms with Crippen molar-refractivity contribution in [1.82, 2.24) is 10.0 Å². The predicted molar refractivity (Wildman–Crippen MR) is 163 cm³/mol. The van der Waals surface area contributed by atoms with Crippen LogP contribution in [0.4, 0.5) is 5.69 Å². The molecule has 7 rings (SSSR count). The first-order chi connectivity index (χ1) is 22.8. The van der Waals surface area contributed by atoms with Crippen LogP contribution in [0.15, 0.2) is 89.8 Å². The summed E-state index contributed by atoms with van der Waals surface area (Å²) in [4.78, 5) is 10.5. The molecular formula is C32H35N3O11S. The van der Waals surface area contributed by atoms with E-state index in [1.54, 1.807) is 0 Å². The molecule has 0 unspecified atom stereocenters. The Kier molecular flexibility index (Phi) is 9.35. The molecule has 0 aliphatic carbocycles. The van der Waals surface area contributed by atoms with Gasteiger partial charge in [-0.1, -0.05) is 72.8 Å². The van der Waals surface area contributed by atoms with Gasteiger partial charge in [-0.05, 0) is 17.2 Å². The molecule has 10 atom stereocenters. The second-order valence-electron chi connectivity index (χ2n) is 11.9. The summed E-state index contributed by atoms with van der Waals surface area (Å²) in [6.45, 7) is 0.598. The van der Waals surface area contributed by atoms with Gasteiger partial charge in [-0.15, -0.1) is 0 Å². The van der Waals surface area contributed by atoms with Crippen molar-refractivity contribution in [2.24, 2.45) is 0 Å². The van der Waals surface area contributed by atoms with E-state index in [1.165, 1.54) is 18.2 Å². The number of nitro groups is 1. The minimum Gasteiger partial charge on any atom is -0.388 e. The number of aliphatic hydroxyl groups excluding tert-OH is 1. The van der Waals surface area contributed by atoms with Crippen molar-refractivity contribution >= 4 is 15.7 Å². The Morgan fingerprint density at radius 3 is 1.91 bits per heavy atom. The number of sulfonamides is 1. The van der Waals surface area contributed by atoms with Crippen molar-refractivity contribution < 1.29 is 46.9 Å². The van der Waals surface area contributed by atoms with Crippen LogP contribution >= 0.6 is 0 Å². The van der Waals surface area contributed by atoms with Crippen LogP contribution in [0.1, 0.15) is 11.1 Å².